The van der Waals surface area contributed by atoms with Gasteiger partial charge in [0.05, 0.1) is 22.4 Å². The van der Waals surface area contributed by atoms with Crippen LogP contribution in [0.15, 0.2) is 102 Å². The number of rotatable bonds is 7. The van der Waals surface area contributed by atoms with Crippen molar-refractivity contribution in [2.45, 2.75) is 89.7 Å². The van der Waals surface area contributed by atoms with Gasteiger partial charge in [0.2, 0.25) is 5.71 Å². The number of furan rings is 1. The molecule has 0 saturated carbocycles. The molecule has 8 aromatic rings. The van der Waals surface area contributed by atoms with Gasteiger partial charge in [-0.05, 0) is 52.6 Å². The van der Waals surface area contributed by atoms with Crippen LogP contribution < -0.4 is 4.40 Å². The monoisotopic (exact) mass is 1030 g/mol. The van der Waals surface area contributed by atoms with Crippen LogP contribution in [0.25, 0.3) is 61.4 Å². The minimum absolute atomic E-state index is 0. The van der Waals surface area contributed by atoms with E-state index in [-0.39, 0.29) is 43.6 Å². The molecule has 4 aromatic heterocycles. The standard InChI is InChI=1S/C34H31F3N3O.C15H18GeN.Ir/c1-18(2)21-10-9-15-27-29(21)39-32(40(27)30-22(19(3)4)11-7-12-23(30)20(5)6)26-14-8-13-24-25-16-17-28(34(35,36)37)38-33(25)41-31(24)26;1-12-5-7-13(8-6-12)15-10-9-14(11-17-15)16(2,3)4;/h7-13,15-20H,1-6H3;5-7,9-11H,1-4H3;/q2*-1;. The topological polar surface area (TPSA) is 56.7 Å². The fraction of sp³-hybridized carbons (Fsp3) is 0.286. The van der Waals surface area contributed by atoms with Crippen molar-refractivity contribution in [3.8, 4) is 28.3 Å². The Morgan fingerprint density at radius 1 is 0.729 bits per heavy atom. The van der Waals surface area contributed by atoms with Gasteiger partial charge in [0.25, 0.3) is 0 Å². The molecule has 0 amide bonds. The summed E-state index contributed by atoms with van der Waals surface area (Å²) in [7, 11) is 0. The first-order valence-corrected chi connectivity index (χ1v) is 27.2. The molecule has 8 rings (SSSR count). The molecule has 0 saturated heterocycles. The minimum atomic E-state index is -4.57. The van der Waals surface area contributed by atoms with Gasteiger partial charge < -0.3 is 8.98 Å². The average molecular weight is 1030 g/mol. The average Bonchev–Trinajstić information content (AvgIpc) is 3.76. The summed E-state index contributed by atoms with van der Waals surface area (Å²) in [6, 6.07) is 35.8. The third kappa shape index (κ3) is 8.84. The predicted molar refractivity (Wildman–Crippen MR) is 234 cm³/mol. The molecule has 0 unspecified atom stereocenters. The summed E-state index contributed by atoms with van der Waals surface area (Å²) in [4.78, 5) is 13.6. The molecule has 0 bridgehead atoms. The largest absolute Gasteiger partial charge is 0 e. The summed E-state index contributed by atoms with van der Waals surface area (Å²) >= 11 is -1.73. The van der Waals surface area contributed by atoms with E-state index >= 15 is 0 Å². The molecule has 0 aliphatic rings. The third-order valence-electron chi connectivity index (χ3n) is 10.6. The van der Waals surface area contributed by atoms with E-state index in [1.165, 1.54) is 27.2 Å². The number of alkyl halides is 3. The molecule has 0 fully saturated rings. The van der Waals surface area contributed by atoms with Crippen LogP contribution in [0.1, 0.15) is 87.2 Å². The summed E-state index contributed by atoms with van der Waals surface area (Å²) in [6.07, 6.45) is -2.53. The summed E-state index contributed by atoms with van der Waals surface area (Å²) in [5, 5.41) is 1.18. The molecule has 0 atom stereocenters. The smallest absolute Gasteiger partial charge is 0 e. The van der Waals surface area contributed by atoms with Crippen molar-refractivity contribution < 1.29 is 37.7 Å². The number of pyridine rings is 2. The second kappa shape index (κ2) is 17.2. The number of fused-ring (bicyclic) bond motifs is 4. The van der Waals surface area contributed by atoms with E-state index in [1.54, 1.807) is 12.1 Å². The van der Waals surface area contributed by atoms with Crippen molar-refractivity contribution in [3.63, 3.8) is 0 Å². The maximum atomic E-state index is 13.5. The van der Waals surface area contributed by atoms with Crippen molar-refractivity contribution >= 4 is 50.8 Å². The van der Waals surface area contributed by atoms with Crippen molar-refractivity contribution in [2.75, 3.05) is 0 Å². The second-order valence-corrected chi connectivity index (χ2v) is 27.6. The van der Waals surface area contributed by atoms with Gasteiger partial charge in [0.15, 0.2) is 0 Å². The number of aromatic nitrogens is 4. The Hall–Kier alpha value is -4.57. The van der Waals surface area contributed by atoms with Gasteiger partial charge in [0, 0.05) is 31.2 Å². The van der Waals surface area contributed by atoms with Crippen LogP contribution in [0.3, 0.4) is 0 Å². The molecule has 1 radical (unpaired) electrons. The van der Waals surface area contributed by atoms with E-state index in [9.17, 15) is 13.2 Å². The number of nitrogens with zero attached hydrogens (tertiary/aromatic N) is 4. The Labute approximate surface area is 361 Å². The summed E-state index contributed by atoms with van der Waals surface area (Å²) < 4.78 is 50.1. The Kier molecular flexibility index (Phi) is 12.8. The fourth-order valence-corrected chi connectivity index (χ4v) is 9.53. The van der Waals surface area contributed by atoms with E-state index in [0.717, 1.165) is 39.6 Å². The van der Waals surface area contributed by atoms with Gasteiger partial charge in [-0.15, -0.1) is 18.2 Å². The Bertz CT molecular complexity index is 2720. The van der Waals surface area contributed by atoms with E-state index in [0.29, 0.717) is 27.7 Å². The number of hydrogen-bond acceptors (Lipinski definition) is 4. The van der Waals surface area contributed by atoms with Crippen molar-refractivity contribution in [1.29, 1.82) is 0 Å². The molecule has 4 aromatic carbocycles. The zero-order valence-corrected chi connectivity index (χ0v) is 39.6. The zero-order chi connectivity index (χ0) is 41.7. The van der Waals surface area contributed by atoms with Crippen LogP contribution in [0.5, 0.6) is 0 Å². The Morgan fingerprint density at radius 2 is 1.39 bits per heavy atom. The first kappa shape index (κ1) is 44.0. The van der Waals surface area contributed by atoms with Crippen molar-refractivity contribution in [3.05, 3.63) is 137 Å². The van der Waals surface area contributed by atoms with Gasteiger partial charge >= 0.3 is 112 Å². The molecular formula is C49H49F3GeIrN4O-2. The van der Waals surface area contributed by atoms with Gasteiger partial charge in [-0.25, -0.2) is 4.98 Å². The number of hydrogen-bond donors (Lipinski definition) is 0. The minimum Gasteiger partial charge on any atom is 0 e. The quantitative estimate of drug-likeness (QED) is 0.118. The molecule has 307 valence electrons. The van der Waals surface area contributed by atoms with Crippen LogP contribution in [0, 0.1) is 19.1 Å². The SMILES string of the molecule is CC(C)c1cccc(C(C)C)c1-n1c(-c2[c-]ccc3c2oc2nc(C(F)(F)F)ccc23)nc2c(C(C)C)cccc21.Cc1c[c-]c(-c2cc[c]([Ge]([CH3])([CH3])[CH3])cn2)cc1.[Ir]. The van der Waals surface area contributed by atoms with Crippen LogP contribution >= 0.6 is 0 Å². The Morgan fingerprint density at radius 3 is 1.97 bits per heavy atom. The second-order valence-electron chi connectivity index (χ2n) is 16.9. The van der Waals surface area contributed by atoms with E-state index in [4.69, 9.17) is 9.40 Å². The molecule has 0 aliphatic heterocycles. The van der Waals surface area contributed by atoms with Crippen molar-refractivity contribution in [2.24, 2.45) is 0 Å². The van der Waals surface area contributed by atoms with Crippen LogP contribution in [0.4, 0.5) is 13.2 Å². The molecule has 4 heterocycles. The summed E-state index contributed by atoms with van der Waals surface area (Å²) in [5.41, 5.74) is 9.63. The number of halogens is 3. The van der Waals surface area contributed by atoms with Crippen LogP contribution in [-0.2, 0) is 26.3 Å². The number of para-hydroxylation sites is 2. The molecule has 59 heavy (non-hydrogen) atoms. The van der Waals surface area contributed by atoms with E-state index in [1.807, 2.05) is 12.3 Å². The van der Waals surface area contributed by atoms with E-state index in [2.05, 4.69) is 153 Å². The number of aryl methyl sites for hydroxylation is 1. The molecule has 5 nitrogen and oxygen atoms in total. The van der Waals surface area contributed by atoms with Gasteiger partial charge in [-0.2, -0.15) is 13.2 Å². The molecule has 0 spiro atoms. The van der Waals surface area contributed by atoms with E-state index < -0.39 is 25.1 Å². The predicted octanol–water partition coefficient (Wildman–Crippen LogP) is 13.6. The summed E-state index contributed by atoms with van der Waals surface area (Å²) in [6.45, 7) is 15.1. The van der Waals surface area contributed by atoms with Gasteiger partial charge in [0.1, 0.15) is 5.69 Å². The first-order valence-electron chi connectivity index (χ1n) is 19.8. The van der Waals surface area contributed by atoms with Crippen molar-refractivity contribution in [1.82, 2.24) is 19.5 Å². The molecule has 0 N–H and O–H groups in total. The first-order chi connectivity index (χ1) is 27.4. The Balaban J connectivity index is 0.000000273. The summed E-state index contributed by atoms with van der Waals surface area (Å²) in [5.74, 6) is 8.48. The fourth-order valence-electron chi connectivity index (χ4n) is 7.36. The molecule has 0 aliphatic carbocycles. The van der Waals surface area contributed by atoms with Gasteiger partial charge in [-0.1, -0.05) is 82.8 Å². The zero-order valence-electron chi connectivity index (χ0n) is 35.1. The van der Waals surface area contributed by atoms with Crippen LogP contribution in [-0.4, -0.2) is 32.8 Å². The van der Waals surface area contributed by atoms with Gasteiger partial charge in [-0.3, -0.25) is 4.98 Å². The molecular weight excluding hydrogens is 982 g/mol. The maximum Gasteiger partial charge on any atom is 0 e. The van der Waals surface area contributed by atoms with Crippen LogP contribution in [0.2, 0.25) is 17.3 Å². The molecule has 10 heteroatoms. The number of imidazole rings is 1. The normalized spacial score (nSPS) is 12.1. The maximum absolute atomic E-state index is 13.5. The third-order valence-corrected chi connectivity index (χ3v) is 14.8. The number of benzene rings is 4.